The van der Waals surface area contributed by atoms with Crippen molar-refractivity contribution in [1.29, 1.82) is 5.26 Å². The molecule has 0 aliphatic heterocycles. The van der Waals surface area contributed by atoms with Crippen molar-refractivity contribution < 1.29 is 23.3 Å². The second-order valence-electron chi connectivity index (χ2n) is 7.25. The van der Waals surface area contributed by atoms with Gasteiger partial charge >= 0.3 is 6.09 Å². The molecule has 1 aliphatic rings. The third kappa shape index (κ3) is 5.07. The summed E-state index contributed by atoms with van der Waals surface area (Å²) >= 11 is 1.34. The number of nitrogens with one attached hydrogen (secondary N) is 2. The minimum Gasteiger partial charge on any atom is -0.472 e. The summed E-state index contributed by atoms with van der Waals surface area (Å²) in [6, 6.07) is 5.67. The molecule has 4 rings (SSSR count). The van der Waals surface area contributed by atoms with E-state index in [1.807, 2.05) is 0 Å². The number of alkyl carbamates (subject to hydrolysis) is 1. The fraction of sp³-hybridized carbons (Fsp3) is 0.273. The number of carbonyl (C=O) groups excluding carboxylic acids is 2. The number of fused-ring (bicyclic) bond motifs is 1. The molecule has 1 atom stereocenters. The average molecular weight is 452 g/mol. The van der Waals surface area contributed by atoms with Crippen molar-refractivity contribution in [2.45, 2.75) is 38.8 Å². The molecule has 10 heteroatoms. The molecule has 2 amide bonds. The van der Waals surface area contributed by atoms with Crippen LogP contribution in [0.3, 0.4) is 0 Å². The van der Waals surface area contributed by atoms with Crippen molar-refractivity contribution in [3.8, 4) is 6.07 Å². The Labute approximate surface area is 187 Å². The fourth-order valence-electron chi connectivity index (χ4n) is 3.41. The van der Waals surface area contributed by atoms with E-state index >= 15 is 0 Å². The number of thiophene rings is 1. The van der Waals surface area contributed by atoms with Crippen LogP contribution >= 0.6 is 11.3 Å². The summed E-state index contributed by atoms with van der Waals surface area (Å²) in [7, 11) is 0. The van der Waals surface area contributed by atoms with E-state index in [9.17, 15) is 14.9 Å². The van der Waals surface area contributed by atoms with Crippen LogP contribution in [0.5, 0.6) is 0 Å². The number of amides is 2. The van der Waals surface area contributed by atoms with Crippen molar-refractivity contribution in [1.82, 2.24) is 10.5 Å². The third-order valence-electron chi connectivity index (χ3n) is 4.90. The Kier molecular flexibility index (Phi) is 6.37. The first kappa shape index (κ1) is 21.4. The molecule has 3 aromatic rings. The lowest BCUT2D eigenvalue weighted by Crippen LogP contribution is -2.31. The van der Waals surface area contributed by atoms with E-state index in [-0.39, 0.29) is 18.6 Å². The summed E-state index contributed by atoms with van der Waals surface area (Å²) in [4.78, 5) is 25.3. The molecule has 0 saturated heterocycles. The summed E-state index contributed by atoms with van der Waals surface area (Å²) in [6.07, 6.45) is 6.90. The minimum absolute atomic E-state index is 0.217. The van der Waals surface area contributed by atoms with Crippen LogP contribution in [-0.4, -0.2) is 23.3 Å². The lowest BCUT2D eigenvalue weighted by atomic mass is 9.94. The summed E-state index contributed by atoms with van der Waals surface area (Å²) < 4.78 is 15.5. The highest BCUT2D eigenvalue weighted by molar-refractivity contribution is 7.16. The second-order valence-corrected chi connectivity index (χ2v) is 8.36. The highest BCUT2D eigenvalue weighted by Crippen LogP contribution is 2.38. The molecule has 0 aromatic carbocycles. The summed E-state index contributed by atoms with van der Waals surface area (Å²) in [5.41, 5.74) is 2.76. The van der Waals surface area contributed by atoms with E-state index in [1.165, 1.54) is 29.9 Å². The molecule has 0 radical (unpaired) electrons. The highest BCUT2D eigenvalue weighted by Gasteiger charge is 2.28. The van der Waals surface area contributed by atoms with Gasteiger partial charge in [0.1, 0.15) is 28.6 Å². The fourth-order valence-corrected chi connectivity index (χ4v) is 4.68. The van der Waals surface area contributed by atoms with Gasteiger partial charge in [-0.2, -0.15) is 5.26 Å². The molecule has 0 spiro atoms. The van der Waals surface area contributed by atoms with E-state index in [1.54, 1.807) is 25.1 Å². The van der Waals surface area contributed by atoms with Gasteiger partial charge in [0.05, 0.1) is 24.6 Å². The normalized spacial score (nSPS) is 15.2. The molecular weight excluding hydrogens is 432 g/mol. The maximum Gasteiger partial charge on any atom is 0.407 e. The van der Waals surface area contributed by atoms with E-state index in [0.29, 0.717) is 41.3 Å². The Morgan fingerprint density at radius 3 is 3.06 bits per heavy atom. The Bertz CT molecular complexity index is 1190. The van der Waals surface area contributed by atoms with Gasteiger partial charge < -0.3 is 24.3 Å². The lowest BCUT2D eigenvalue weighted by molar-refractivity contribution is -0.111. The van der Waals surface area contributed by atoms with Gasteiger partial charge in [-0.1, -0.05) is 5.16 Å². The van der Waals surface area contributed by atoms with Crippen LogP contribution in [0, 0.1) is 18.3 Å². The predicted molar refractivity (Wildman–Crippen MR) is 116 cm³/mol. The van der Waals surface area contributed by atoms with Crippen molar-refractivity contribution >= 4 is 34.4 Å². The molecule has 1 aliphatic carbocycles. The number of ether oxygens (including phenoxy) is 1. The van der Waals surface area contributed by atoms with E-state index in [0.717, 1.165) is 16.0 Å². The van der Waals surface area contributed by atoms with Crippen LogP contribution < -0.4 is 10.6 Å². The number of hydrogen-bond donors (Lipinski definition) is 2. The van der Waals surface area contributed by atoms with E-state index in [2.05, 4.69) is 21.9 Å². The molecule has 0 fully saturated rings. The standard InChI is InChI=1S/C22H20N4O5S/c1-13-8-15(26-31-13)11-24-22(28)30-16-3-4-17-18(10-23)21(32-19(17)9-16)25-20(27)5-2-14-6-7-29-12-14/h2,5-8,12,16H,3-4,9,11H2,1H3,(H,24,28)(H,25,27). The van der Waals surface area contributed by atoms with Crippen LogP contribution in [0.25, 0.3) is 6.08 Å². The molecule has 164 valence electrons. The number of hydrogen-bond acceptors (Lipinski definition) is 8. The zero-order valence-electron chi connectivity index (χ0n) is 17.2. The van der Waals surface area contributed by atoms with Crippen molar-refractivity contribution in [3.05, 3.63) is 63.8 Å². The van der Waals surface area contributed by atoms with Gasteiger partial charge in [0.15, 0.2) is 0 Å². The Morgan fingerprint density at radius 2 is 2.34 bits per heavy atom. The smallest absolute Gasteiger partial charge is 0.407 e. The van der Waals surface area contributed by atoms with Crippen molar-refractivity contribution in [2.75, 3.05) is 5.32 Å². The summed E-state index contributed by atoms with van der Waals surface area (Å²) in [5, 5.41) is 19.4. The maximum atomic E-state index is 12.3. The zero-order chi connectivity index (χ0) is 22.5. The first-order valence-electron chi connectivity index (χ1n) is 9.94. The SMILES string of the molecule is Cc1cc(CNC(=O)OC2CCc3c(sc(NC(=O)C=Cc4ccoc4)c3C#N)C2)no1. The molecule has 2 N–H and O–H groups in total. The first-order chi connectivity index (χ1) is 15.5. The number of anilines is 1. The van der Waals surface area contributed by atoms with Crippen molar-refractivity contribution in [3.63, 3.8) is 0 Å². The van der Waals surface area contributed by atoms with Gasteiger partial charge in [-0.25, -0.2) is 4.79 Å². The molecule has 1 unspecified atom stereocenters. The molecule has 9 nitrogen and oxygen atoms in total. The minimum atomic E-state index is -0.533. The third-order valence-corrected chi connectivity index (χ3v) is 6.07. The van der Waals surface area contributed by atoms with Gasteiger partial charge in [0.2, 0.25) is 5.91 Å². The lowest BCUT2D eigenvalue weighted by Gasteiger charge is -2.22. The van der Waals surface area contributed by atoms with E-state index < -0.39 is 6.09 Å². The molecule has 3 aromatic heterocycles. The largest absolute Gasteiger partial charge is 0.472 e. The number of aryl methyl sites for hydroxylation is 1. The van der Waals surface area contributed by atoms with E-state index in [4.69, 9.17) is 13.7 Å². The molecule has 0 bridgehead atoms. The van der Waals surface area contributed by atoms with Gasteiger partial charge in [0, 0.05) is 29.0 Å². The number of furan rings is 1. The summed E-state index contributed by atoms with van der Waals surface area (Å²) in [5.74, 6) is 0.331. The zero-order valence-corrected chi connectivity index (χ0v) is 18.0. The Hall–Kier alpha value is -3.84. The quantitative estimate of drug-likeness (QED) is 0.542. The Morgan fingerprint density at radius 1 is 1.47 bits per heavy atom. The monoisotopic (exact) mass is 452 g/mol. The summed E-state index contributed by atoms with van der Waals surface area (Å²) in [6.45, 7) is 1.99. The molecule has 32 heavy (non-hydrogen) atoms. The topological polar surface area (TPSA) is 130 Å². The molecule has 0 saturated carbocycles. The number of carbonyl (C=O) groups is 2. The molecule has 3 heterocycles. The van der Waals surface area contributed by atoms with Crippen LogP contribution in [0.2, 0.25) is 0 Å². The van der Waals surface area contributed by atoms with Crippen LogP contribution in [0.1, 0.15) is 39.4 Å². The van der Waals surface area contributed by atoms with Crippen LogP contribution in [-0.2, 0) is 28.9 Å². The number of nitrogens with zero attached hydrogens (tertiary/aromatic N) is 2. The molecular formula is C22H20N4O5S. The van der Waals surface area contributed by atoms with Crippen LogP contribution in [0.4, 0.5) is 9.80 Å². The average Bonchev–Trinajstić information content (AvgIpc) is 3.50. The number of nitriles is 1. The first-order valence-corrected chi connectivity index (χ1v) is 10.8. The highest BCUT2D eigenvalue weighted by atomic mass is 32.1. The second kappa shape index (κ2) is 9.53. The Balaban J connectivity index is 1.35. The van der Waals surface area contributed by atoms with Gasteiger partial charge in [-0.05, 0) is 37.5 Å². The predicted octanol–water partition coefficient (Wildman–Crippen LogP) is 3.94. The maximum absolute atomic E-state index is 12.3. The van der Waals surface area contributed by atoms with Crippen LogP contribution in [0.15, 0.2) is 39.7 Å². The number of aromatic nitrogens is 1. The van der Waals surface area contributed by atoms with Crippen molar-refractivity contribution in [2.24, 2.45) is 0 Å². The van der Waals surface area contributed by atoms with Gasteiger partial charge in [0.25, 0.3) is 0 Å². The van der Waals surface area contributed by atoms with Gasteiger partial charge in [-0.3, -0.25) is 4.79 Å². The van der Waals surface area contributed by atoms with Gasteiger partial charge in [-0.15, -0.1) is 11.3 Å². The number of rotatable bonds is 6.